The summed E-state index contributed by atoms with van der Waals surface area (Å²) in [5.41, 5.74) is 4.46. The van der Waals surface area contributed by atoms with Gasteiger partial charge in [0.15, 0.2) is 0 Å². The van der Waals surface area contributed by atoms with Gasteiger partial charge in [0.25, 0.3) is 5.24 Å². The molecule has 0 fully saturated rings. The van der Waals surface area contributed by atoms with Gasteiger partial charge in [-0.25, -0.2) is 0 Å². The van der Waals surface area contributed by atoms with Gasteiger partial charge in [-0.2, -0.15) is 0 Å². The molecule has 1 heterocycles. The zero-order chi connectivity index (χ0) is 21.1. The van der Waals surface area contributed by atoms with E-state index in [2.05, 4.69) is 62.3 Å². The smallest absolute Gasteiger partial charge is 0.283 e. The molecule has 2 rings (SSSR count). The monoisotopic (exact) mass is 412 g/mol. The average Bonchev–Trinajstić information content (AvgIpc) is 2.70. The molecule has 0 unspecified atom stereocenters. The summed E-state index contributed by atoms with van der Waals surface area (Å²) in [4.78, 5) is 16.9. The third kappa shape index (κ3) is 8.61. The number of benzene rings is 1. The number of amides is 1. The Kier molecular flexibility index (Phi) is 9.72. The second-order valence-corrected chi connectivity index (χ2v) is 9.61. The molecule has 0 aliphatic rings. The SMILES string of the molecule is CCCCCCCCc1ncccc1NC(=O)SCc1ccc(C(C)(C)C)cc1. The quantitative estimate of drug-likeness (QED) is 0.406. The number of carbonyl (C=O) groups is 1. The van der Waals surface area contributed by atoms with Gasteiger partial charge in [-0.1, -0.05) is 95.8 Å². The van der Waals surface area contributed by atoms with Crippen molar-refractivity contribution in [3.05, 3.63) is 59.4 Å². The highest BCUT2D eigenvalue weighted by Crippen LogP contribution is 2.24. The number of nitrogens with one attached hydrogen (secondary N) is 1. The molecule has 0 bridgehead atoms. The van der Waals surface area contributed by atoms with E-state index in [0.717, 1.165) is 29.8 Å². The molecule has 0 atom stereocenters. The molecule has 4 heteroatoms. The van der Waals surface area contributed by atoms with Gasteiger partial charge in [0.1, 0.15) is 0 Å². The van der Waals surface area contributed by atoms with Crippen LogP contribution >= 0.6 is 11.8 Å². The molecule has 1 aromatic heterocycles. The Balaban J connectivity index is 1.81. The number of rotatable bonds is 10. The van der Waals surface area contributed by atoms with Crippen LogP contribution in [-0.2, 0) is 17.6 Å². The molecular weight excluding hydrogens is 376 g/mol. The summed E-state index contributed by atoms with van der Waals surface area (Å²) < 4.78 is 0. The van der Waals surface area contributed by atoms with Crippen molar-refractivity contribution in [3.63, 3.8) is 0 Å². The van der Waals surface area contributed by atoms with Crippen molar-refractivity contribution >= 4 is 22.7 Å². The Hall–Kier alpha value is -1.81. The number of unbranched alkanes of at least 4 members (excludes halogenated alkanes) is 5. The lowest BCUT2D eigenvalue weighted by Crippen LogP contribution is -2.11. The Bertz CT molecular complexity index is 750. The average molecular weight is 413 g/mol. The molecule has 3 nitrogen and oxygen atoms in total. The minimum atomic E-state index is -0.0258. The first-order valence-electron chi connectivity index (χ1n) is 10.9. The predicted octanol–water partition coefficient (Wildman–Crippen LogP) is 7.75. The second-order valence-electron chi connectivity index (χ2n) is 8.66. The van der Waals surface area contributed by atoms with Crippen LogP contribution in [0.15, 0.2) is 42.6 Å². The highest BCUT2D eigenvalue weighted by Gasteiger charge is 2.13. The summed E-state index contributed by atoms with van der Waals surface area (Å²) >= 11 is 1.31. The minimum absolute atomic E-state index is 0.0258. The molecule has 2 aromatic rings. The summed E-state index contributed by atoms with van der Waals surface area (Å²) in [5.74, 6) is 0.670. The van der Waals surface area contributed by atoms with Gasteiger partial charge in [0.05, 0.1) is 11.4 Å². The van der Waals surface area contributed by atoms with E-state index in [1.165, 1.54) is 49.4 Å². The topological polar surface area (TPSA) is 42.0 Å². The van der Waals surface area contributed by atoms with Crippen molar-refractivity contribution in [2.75, 3.05) is 5.32 Å². The Morgan fingerprint density at radius 1 is 1.00 bits per heavy atom. The second kappa shape index (κ2) is 12.0. The van der Waals surface area contributed by atoms with E-state index >= 15 is 0 Å². The maximum Gasteiger partial charge on any atom is 0.283 e. The number of anilines is 1. The van der Waals surface area contributed by atoms with Crippen LogP contribution in [-0.4, -0.2) is 10.2 Å². The molecule has 1 N–H and O–H groups in total. The van der Waals surface area contributed by atoms with Crippen molar-refractivity contribution in [2.24, 2.45) is 0 Å². The number of carbonyl (C=O) groups excluding carboxylic acids is 1. The van der Waals surface area contributed by atoms with Gasteiger partial charge in [-0.05, 0) is 41.5 Å². The van der Waals surface area contributed by atoms with Gasteiger partial charge in [-0.15, -0.1) is 0 Å². The minimum Gasteiger partial charge on any atom is -0.315 e. The summed E-state index contributed by atoms with van der Waals surface area (Å²) in [6.07, 6.45) is 10.3. The number of hydrogen-bond donors (Lipinski definition) is 1. The fourth-order valence-electron chi connectivity index (χ4n) is 3.22. The molecule has 158 valence electrons. The first-order chi connectivity index (χ1) is 13.9. The fraction of sp³-hybridized carbons (Fsp3) is 0.520. The van der Waals surface area contributed by atoms with E-state index in [-0.39, 0.29) is 10.7 Å². The molecule has 0 saturated heterocycles. The van der Waals surface area contributed by atoms with Crippen LogP contribution in [0.3, 0.4) is 0 Å². The van der Waals surface area contributed by atoms with Crippen molar-refractivity contribution < 1.29 is 4.79 Å². The third-order valence-corrected chi connectivity index (χ3v) is 5.93. The lowest BCUT2D eigenvalue weighted by Gasteiger charge is -2.19. The zero-order valence-corrected chi connectivity index (χ0v) is 19.3. The fourth-order valence-corrected chi connectivity index (χ4v) is 3.89. The number of nitrogens with zero attached hydrogens (tertiary/aromatic N) is 1. The molecular formula is C25H36N2OS. The van der Waals surface area contributed by atoms with Gasteiger partial charge in [-0.3, -0.25) is 9.78 Å². The third-order valence-electron chi connectivity index (χ3n) is 5.08. The number of hydrogen-bond acceptors (Lipinski definition) is 3. The van der Waals surface area contributed by atoms with Crippen molar-refractivity contribution in [1.82, 2.24) is 4.98 Å². The van der Waals surface area contributed by atoms with Gasteiger partial charge < -0.3 is 5.32 Å². The molecule has 0 saturated carbocycles. The number of aromatic nitrogens is 1. The highest BCUT2D eigenvalue weighted by atomic mass is 32.2. The van der Waals surface area contributed by atoms with Crippen LogP contribution in [0.2, 0.25) is 0 Å². The van der Waals surface area contributed by atoms with Crippen LogP contribution in [0, 0.1) is 0 Å². The molecule has 29 heavy (non-hydrogen) atoms. The van der Waals surface area contributed by atoms with Gasteiger partial charge >= 0.3 is 0 Å². The van der Waals surface area contributed by atoms with Crippen molar-refractivity contribution in [3.8, 4) is 0 Å². The van der Waals surface area contributed by atoms with E-state index in [1.807, 2.05) is 18.3 Å². The summed E-state index contributed by atoms with van der Waals surface area (Å²) in [6, 6.07) is 12.4. The van der Waals surface area contributed by atoms with E-state index in [1.54, 1.807) is 0 Å². The molecule has 0 aliphatic heterocycles. The predicted molar refractivity (Wildman–Crippen MR) is 127 cm³/mol. The summed E-state index contributed by atoms with van der Waals surface area (Å²) in [6.45, 7) is 8.87. The maximum absolute atomic E-state index is 12.4. The van der Waals surface area contributed by atoms with Crippen molar-refractivity contribution in [2.45, 2.75) is 83.8 Å². The Labute approximate surface area is 181 Å². The van der Waals surface area contributed by atoms with Crippen LogP contribution in [0.1, 0.15) is 83.0 Å². The lowest BCUT2D eigenvalue weighted by atomic mass is 9.87. The van der Waals surface area contributed by atoms with Crippen LogP contribution in [0.25, 0.3) is 0 Å². The number of thioether (sulfide) groups is 1. The molecule has 0 spiro atoms. The van der Waals surface area contributed by atoms with E-state index in [4.69, 9.17) is 0 Å². The largest absolute Gasteiger partial charge is 0.315 e. The maximum atomic E-state index is 12.4. The summed E-state index contributed by atoms with van der Waals surface area (Å²) in [7, 11) is 0. The highest BCUT2D eigenvalue weighted by molar-refractivity contribution is 8.13. The first-order valence-corrected chi connectivity index (χ1v) is 11.9. The van der Waals surface area contributed by atoms with Crippen LogP contribution < -0.4 is 5.32 Å². The van der Waals surface area contributed by atoms with Gasteiger partial charge in [0.2, 0.25) is 0 Å². The summed E-state index contributed by atoms with van der Waals surface area (Å²) in [5, 5.41) is 3.01. The molecule has 0 aliphatic carbocycles. The molecule has 1 amide bonds. The van der Waals surface area contributed by atoms with E-state index in [0.29, 0.717) is 5.75 Å². The van der Waals surface area contributed by atoms with Crippen LogP contribution in [0.5, 0.6) is 0 Å². The molecule has 1 aromatic carbocycles. The zero-order valence-electron chi connectivity index (χ0n) is 18.5. The number of aryl methyl sites for hydroxylation is 1. The molecule has 0 radical (unpaired) electrons. The lowest BCUT2D eigenvalue weighted by molar-refractivity contribution is 0.269. The van der Waals surface area contributed by atoms with Gasteiger partial charge in [0, 0.05) is 11.9 Å². The van der Waals surface area contributed by atoms with Crippen molar-refractivity contribution in [1.29, 1.82) is 0 Å². The van der Waals surface area contributed by atoms with E-state index < -0.39 is 0 Å². The standard InChI is InChI=1S/C25H36N2OS/c1-5-6-7-8-9-10-12-22-23(13-11-18-26-22)27-24(28)29-19-20-14-16-21(17-15-20)25(2,3)4/h11,13-18H,5-10,12,19H2,1-4H3,(H,27,28). The Morgan fingerprint density at radius 3 is 2.38 bits per heavy atom. The first kappa shape index (κ1) is 23.5. The Morgan fingerprint density at radius 2 is 1.69 bits per heavy atom. The normalized spacial score (nSPS) is 11.4. The van der Waals surface area contributed by atoms with E-state index in [9.17, 15) is 4.79 Å². The number of pyridine rings is 1. The van der Waals surface area contributed by atoms with Crippen LogP contribution in [0.4, 0.5) is 10.5 Å².